The summed E-state index contributed by atoms with van der Waals surface area (Å²) < 4.78 is 10.8. The highest BCUT2D eigenvalue weighted by Gasteiger charge is 2.15. The number of unbranched alkanes of at least 4 members (excludes halogenated alkanes) is 4. The molecular weight excluding hydrogens is 262 g/mol. The maximum Gasteiger partial charge on any atom is 0.127 e. The third-order valence-corrected chi connectivity index (χ3v) is 3.86. The van der Waals surface area contributed by atoms with Gasteiger partial charge in [-0.25, -0.2) is 0 Å². The summed E-state index contributed by atoms with van der Waals surface area (Å²) in [6, 6.07) is 6.46. The summed E-state index contributed by atoms with van der Waals surface area (Å²) in [5, 5.41) is 3.58. The van der Waals surface area contributed by atoms with Gasteiger partial charge in [-0.1, -0.05) is 52.0 Å². The van der Waals surface area contributed by atoms with Crippen molar-refractivity contribution in [3.63, 3.8) is 0 Å². The van der Waals surface area contributed by atoms with Crippen LogP contribution >= 0.6 is 0 Å². The number of nitrogens with one attached hydrogen (secondary N) is 1. The number of hydrogen-bond donors (Lipinski definition) is 1. The van der Waals surface area contributed by atoms with Gasteiger partial charge < -0.3 is 14.8 Å². The maximum absolute atomic E-state index is 5.54. The summed E-state index contributed by atoms with van der Waals surface area (Å²) in [7, 11) is 3.41. The van der Waals surface area contributed by atoms with Gasteiger partial charge in [0, 0.05) is 17.7 Å². The predicted molar refractivity (Wildman–Crippen MR) is 89.3 cm³/mol. The van der Waals surface area contributed by atoms with Gasteiger partial charge in [-0.15, -0.1) is 0 Å². The van der Waals surface area contributed by atoms with Gasteiger partial charge in [0.15, 0.2) is 0 Å². The minimum Gasteiger partial charge on any atom is -0.497 e. The minimum absolute atomic E-state index is 0.359. The Labute approximate surface area is 130 Å². The van der Waals surface area contributed by atoms with Crippen LogP contribution in [0, 0.1) is 0 Å². The molecular formula is C18H31NO2. The van der Waals surface area contributed by atoms with E-state index in [9.17, 15) is 0 Å². The fourth-order valence-electron chi connectivity index (χ4n) is 2.67. The van der Waals surface area contributed by atoms with E-state index in [1.807, 2.05) is 12.1 Å². The predicted octanol–water partition coefficient (Wildman–Crippen LogP) is 4.71. The number of benzene rings is 1. The lowest BCUT2D eigenvalue weighted by atomic mass is 9.98. The van der Waals surface area contributed by atoms with Crippen molar-refractivity contribution >= 4 is 0 Å². The molecule has 0 bridgehead atoms. The zero-order chi connectivity index (χ0) is 15.5. The SMILES string of the molecule is CCCCCCCC(NCC)c1ccc(OC)cc1OC. The molecule has 1 unspecified atom stereocenters. The third-order valence-electron chi connectivity index (χ3n) is 3.86. The van der Waals surface area contributed by atoms with E-state index < -0.39 is 0 Å². The van der Waals surface area contributed by atoms with Crippen LogP contribution in [0.1, 0.15) is 64.0 Å². The fraction of sp³-hybridized carbons (Fsp3) is 0.667. The van der Waals surface area contributed by atoms with Gasteiger partial charge in [0.25, 0.3) is 0 Å². The first-order valence-electron chi connectivity index (χ1n) is 8.22. The molecule has 0 aliphatic carbocycles. The topological polar surface area (TPSA) is 30.5 Å². The molecule has 0 aromatic heterocycles. The number of methoxy groups -OCH3 is 2. The molecule has 3 nitrogen and oxygen atoms in total. The normalized spacial score (nSPS) is 12.2. The molecule has 1 aromatic rings. The Morgan fingerprint density at radius 2 is 1.76 bits per heavy atom. The molecule has 0 aliphatic rings. The number of rotatable bonds is 11. The van der Waals surface area contributed by atoms with Crippen LogP contribution in [0.15, 0.2) is 18.2 Å². The van der Waals surface area contributed by atoms with Crippen LogP contribution in [-0.2, 0) is 0 Å². The van der Waals surface area contributed by atoms with Crippen LogP contribution in [0.3, 0.4) is 0 Å². The van der Waals surface area contributed by atoms with Gasteiger partial charge in [0.2, 0.25) is 0 Å². The number of hydrogen-bond acceptors (Lipinski definition) is 3. The summed E-state index contributed by atoms with van der Waals surface area (Å²) in [6.07, 6.45) is 7.71. The second kappa shape index (κ2) is 10.5. The van der Waals surface area contributed by atoms with E-state index in [4.69, 9.17) is 9.47 Å². The van der Waals surface area contributed by atoms with Crippen LogP contribution in [0.4, 0.5) is 0 Å². The van der Waals surface area contributed by atoms with Gasteiger partial charge in [-0.05, 0) is 19.0 Å². The van der Waals surface area contributed by atoms with E-state index in [0.717, 1.165) is 24.5 Å². The summed E-state index contributed by atoms with van der Waals surface area (Å²) in [5.74, 6) is 1.75. The smallest absolute Gasteiger partial charge is 0.127 e. The molecule has 0 amide bonds. The van der Waals surface area contributed by atoms with E-state index >= 15 is 0 Å². The molecule has 0 saturated heterocycles. The first-order valence-corrected chi connectivity index (χ1v) is 8.22. The summed E-state index contributed by atoms with van der Waals surface area (Å²) >= 11 is 0. The molecule has 0 fully saturated rings. The van der Waals surface area contributed by atoms with Gasteiger partial charge in [-0.2, -0.15) is 0 Å². The first-order chi connectivity index (χ1) is 10.3. The highest BCUT2D eigenvalue weighted by molar-refractivity contribution is 5.42. The summed E-state index contributed by atoms with van der Waals surface area (Å²) in [4.78, 5) is 0. The lowest BCUT2D eigenvalue weighted by molar-refractivity contribution is 0.380. The van der Waals surface area contributed by atoms with Crippen molar-refractivity contribution in [2.75, 3.05) is 20.8 Å². The molecule has 0 heterocycles. The standard InChI is InChI=1S/C18H31NO2/c1-5-7-8-9-10-11-17(19-6-2)16-13-12-15(20-3)14-18(16)21-4/h12-14,17,19H,5-11H2,1-4H3. The average Bonchev–Trinajstić information content (AvgIpc) is 2.53. The monoisotopic (exact) mass is 293 g/mol. The van der Waals surface area contributed by atoms with E-state index in [1.165, 1.54) is 37.7 Å². The molecule has 1 rings (SSSR count). The average molecular weight is 293 g/mol. The second-order valence-electron chi connectivity index (χ2n) is 5.42. The quantitative estimate of drug-likeness (QED) is 0.599. The molecule has 120 valence electrons. The first kappa shape index (κ1) is 17.8. The summed E-state index contributed by atoms with van der Waals surface area (Å²) in [6.45, 7) is 5.37. The Morgan fingerprint density at radius 1 is 1.00 bits per heavy atom. The zero-order valence-corrected chi connectivity index (χ0v) is 14.1. The third kappa shape index (κ3) is 5.96. The molecule has 0 spiro atoms. The molecule has 0 radical (unpaired) electrons. The van der Waals surface area contributed by atoms with Crippen LogP contribution in [0.25, 0.3) is 0 Å². The van der Waals surface area contributed by atoms with Crippen LogP contribution in [0.5, 0.6) is 11.5 Å². The Hall–Kier alpha value is -1.22. The summed E-state index contributed by atoms with van der Waals surface area (Å²) in [5.41, 5.74) is 1.23. The molecule has 1 atom stereocenters. The highest BCUT2D eigenvalue weighted by atomic mass is 16.5. The molecule has 1 N–H and O–H groups in total. The van der Waals surface area contributed by atoms with Crippen LogP contribution in [-0.4, -0.2) is 20.8 Å². The van der Waals surface area contributed by atoms with Gasteiger partial charge in [-0.3, -0.25) is 0 Å². The molecule has 21 heavy (non-hydrogen) atoms. The Bertz CT molecular complexity index is 393. The lowest BCUT2D eigenvalue weighted by Crippen LogP contribution is -2.21. The Morgan fingerprint density at radius 3 is 2.38 bits per heavy atom. The van der Waals surface area contributed by atoms with E-state index in [0.29, 0.717) is 6.04 Å². The lowest BCUT2D eigenvalue weighted by Gasteiger charge is -2.21. The molecule has 3 heteroatoms. The Balaban J connectivity index is 2.70. The van der Waals surface area contributed by atoms with E-state index in [-0.39, 0.29) is 0 Å². The van der Waals surface area contributed by atoms with Crippen molar-refractivity contribution < 1.29 is 9.47 Å². The van der Waals surface area contributed by atoms with Crippen molar-refractivity contribution in [2.45, 2.75) is 58.4 Å². The molecule has 0 saturated carbocycles. The van der Waals surface area contributed by atoms with Crippen molar-refractivity contribution in [3.8, 4) is 11.5 Å². The fourth-order valence-corrected chi connectivity index (χ4v) is 2.67. The molecule has 0 aliphatic heterocycles. The molecule has 1 aromatic carbocycles. The number of ether oxygens (including phenoxy) is 2. The van der Waals surface area contributed by atoms with Crippen molar-refractivity contribution in [2.24, 2.45) is 0 Å². The van der Waals surface area contributed by atoms with Gasteiger partial charge >= 0.3 is 0 Å². The van der Waals surface area contributed by atoms with Crippen molar-refractivity contribution in [1.82, 2.24) is 5.32 Å². The van der Waals surface area contributed by atoms with Crippen molar-refractivity contribution in [3.05, 3.63) is 23.8 Å². The van der Waals surface area contributed by atoms with Gasteiger partial charge in [0.1, 0.15) is 11.5 Å². The van der Waals surface area contributed by atoms with Gasteiger partial charge in [0.05, 0.1) is 14.2 Å². The highest BCUT2D eigenvalue weighted by Crippen LogP contribution is 2.32. The Kier molecular flexibility index (Phi) is 8.91. The van der Waals surface area contributed by atoms with Crippen molar-refractivity contribution in [1.29, 1.82) is 0 Å². The van der Waals surface area contributed by atoms with E-state index in [2.05, 4.69) is 25.2 Å². The van der Waals surface area contributed by atoms with E-state index in [1.54, 1.807) is 14.2 Å². The van der Waals surface area contributed by atoms with Crippen LogP contribution < -0.4 is 14.8 Å². The second-order valence-corrected chi connectivity index (χ2v) is 5.42. The maximum atomic E-state index is 5.54. The minimum atomic E-state index is 0.359. The van der Waals surface area contributed by atoms with Crippen LogP contribution in [0.2, 0.25) is 0 Å². The zero-order valence-electron chi connectivity index (χ0n) is 14.1. The largest absolute Gasteiger partial charge is 0.497 e.